The highest BCUT2D eigenvalue weighted by molar-refractivity contribution is 6.31. The fourth-order valence-corrected chi connectivity index (χ4v) is 2.56. The minimum Gasteiger partial charge on any atom is -0.867 e. The summed E-state index contributed by atoms with van der Waals surface area (Å²) >= 11 is 0. The molecule has 1 aliphatic rings. The number of hydrogen-bond donors (Lipinski definition) is 0. The molecule has 0 saturated carbocycles. The first-order valence-electron chi connectivity index (χ1n) is 7.64. The van der Waals surface area contributed by atoms with E-state index in [1.165, 1.54) is 32.4 Å². The van der Waals surface area contributed by atoms with E-state index in [2.05, 4.69) is 5.16 Å². The summed E-state index contributed by atoms with van der Waals surface area (Å²) in [5, 5.41) is 26.9. The van der Waals surface area contributed by atoms with Crippen molar-refractivity contribution in [2.24, 2.45) is 5.16 Å². The van der Waals surface area contributed by atoms with E-state index in [0.717, 1.165) is 6.07 Å². The lowest BCUT2D eigenvalue weighted by Crippen LogP contribution is -2.08. The molecule has 9 heteroatoms. The van der Waals surface area contributed by atoms with Crippen molar-refractivity contribution in [3.63, 3.8) is 0 Å². The van der Waals surface area contributed by atoms with Crippen LogP contribution in [-0.4, -0.2) is 30.8 Å². The molecule has 0 unspecified atom stereocenters. The number of para-hydroxylation sites is 1. The fraction of sp³-hybridized carbons (Fsp3) is 0.111. The predicted octanol–water partition coefficient (Wildman–Crippen LogP) is 2.03. The Balaban J connectivity index is 2.07. The minimum atomic E-state index is -0.804. The molecule has 0 saturated heterocycles. The van der Waals surface area contributed by atoms with Gasteiger partial charge in [0.15, 0.2) is 11.5 Å². The number of nitro benzene ring substituents is 1. The molecule has 2 aromatic rings. The van der Waals surface area contributed by atoms with Gasteiger partial charge < -0.3 is 19.4 Å². The second-order valence-electron chi connectivity index (χ2n) is 5.40. The monoisotopic (exact) mass is 369 g/mol. The van der Waals surface area contributed by atoms with Gasteiger partial charge in [0.2, 0.25) is 0 Å². The van der Waals surface area contributed by atoms with Crippen LogP contribution < -0.4 is 14.6 Å². The van der Waals surface area contributed by atoms with Crippen LogP contribution in [0.5, 0.6) is 17.2 Å². The Labute approximate surface area is 153 Å². The van der Waals surface area contributed by atoms with Crippen molar-refractivity contribution in [3.8, 4) is 17.2 Å². The third-order valence-corrected chi connectivity index (χ3v) is 3.87. The van der Waals surface area contributed by atoms with Crippen LogP contribution in [0.4, 0.5) is 5.69 Å². The molecule has 0 aliphatic carbocycles. The van der Waals surface area contributed by atoms with E-state index in [-0.39, 0.29) is 16.8 Å². The van der Waals surface area contributed by atoms with E-state index >= 15 is 0 Å². The summed E-state index contributed by atoms with van der Waals surface area (Å²) in [6.07, 6.45) is 1.22. The molecule has 0 bridgehead atoms. The zero-order valence-corrected chi connectivity index (χ0v) is 14.3. The molecule has 1 aliphatic heterocycles. The average Bonchev–Trinajstić information content (AvgIpc) is 3.03. The van der Waals surface area contributed by atoms with Crippen molar-refractivity contribution in [2.75, 3.05) is 14.2 Å². The predicted molar refractivity (Wildman–Crippen MR) is 92.7 cm³/mol. The largest absolute Gasteiger partial charge is 0.867 e. The van der Waals surface area contributed by atoms with Gasteiger partial charge in [-0.05, 0) is 35.6 Å². The van der Waals surface area contributed by atoms with Crippen molar-refractivity contribution in [1.82, 2.24) is 0 Å². The van der Waals surface area contributed by atoms with Gasteiger partial charge in [0.05, 0.1) is 24.7 Å². The molecule has 0 spiro atoms. The lowest BCUT2D eigenvalue weighted by molar-refractivity contribution is -0.398. The summed E-state index contributed by atoms with van der Waals surface area (Å²) < 4.78 is 10.4. The first kappa shape index (κ1) is 17.9. The van der Waals surface area contributed by atoms with Gasteiger partial charge in [-0.15, -0.1) is 0 Å². The number of hydrogen-bond acceptors (Lipinski definition) is 8. The van der Waals surface area contributed by atoms with Gasteiger partial charge in [0.1, 0.15) is 5.71 Å². The molecule has 0 atom stereocenters. The summed E-state index contributed by atoms with van der Waals surface area (Å²) in [4.78, 5) is 27.0. The Bertz CT molecular complexity index is 995. The summed E-state index contributed by atoms with van der Waals surface area (Å²) in [7, 11) is 2.95. The third-order valence-electron chi connectivity index (χ3n) is 3.87. The number of nitrogens with zero attached hydrogens (tertiary/aromatic N) is 2. The molecular weight excluding hydrogens is 356 g/mol. The van der Waals surface area contributed by atoms with Crippen molar-refractivity contribution in [3.05, 3.63) is 63.2 Å². The number of carbonyl (C=O) groups excluding carboxylic acids is 1. The van der Waals surface area contributed by atoms with E-state index < -0.39 is 22.3 Å². The Morgan fingerprint density at radius 1 is 1.15 bits per heavy atom. The highest BCUT2D eigenvalue weighted by atomic mass is 16.7. The van der Waals surface area contributed by atoms with E-state index in [0.29, 0.717) is 17.1 Å². The molecule has 9 nitrogen and oxygen atoms in total. The summed E-state index contributed by atoms with van der Waals surface area (Å²) in [6.45, 7) is 0. The van der Waals surface area contributed by atoms with E-state index in [1.807, 2.05) is 0 Å². The quantitative estimate of drug-likeness (QED) is 0.342. The van der Waals surface area contributed by atoms with E-state index in [1.54, 1.807) is 18.2 Å². The van der Waals surface area contributed by atoms with Crippen LogP contribution in [-0.2, 0) is 9.63 Å². The fourth-order valence-electron chi connectivity index (χ4n) is 2.56. The Morgan fingerprint density at radius 3 is 2.56 bits per heavy atom. The van der Waals surface area contributed by atoms with Crippen LogP contribution in [0.15, 0.2) is 47.1 Å². The zero-order valence-electron chi connectivity index (χ0n) is 14.3. The molecule has 138 valence electrons. The number of rotatable bonds is 5. The third kappa shape index (κ3) is 3.30. The number of oxime groups is 1. The summed E-state index contributed by atoms with van der Waals surface area (Å²) in [6, 6.07) is 8.70. The highest BCUT2D eigenvalue weighted by Crippen LogP contribution is 2.32. The van der Waals surface area contributed by atoms with E-state index in [4.69, 9.17) is 14.3 Å². The Morgan fingerprint density at radius 2 is 1.89 bits per heavy atom. The van der Waals surface area contributed by atoms with Crippen LogP contribution in [0.3, 0.4) is 0 Å². The van der Waals surface area contributed by atoms with Crippen molar-refractivity contribution >= 4 is 23.4 Å². The van der Waals surface area contributed by atoms with Crippen LogP contribution in [0.1, 0.15) is 11.1 Å². The number of nitro groups is 1. The maximum Gasteiger partial charge on any atom is 0.368 e. The molecule has 1 heterocycles. The van der Waals surface area contributed by atoms with Gasteiger partial charge >= 0.3 is 5.97 Å². The van der Waals surface area contributed by atoms with Crippen LogP contribution in [0.25, 0.3) is 6.08 Å². The SMILES string of the molecule is COc1ccc(C2=NOC(=O)/C2=C\c2cccc([N+](=O)[O-])c2[O-])cc1OC. The smallest absolute Gasteiger partial charge is 0.368 e. The normalized spacial score (nSPS) is 14.7. The molecular formula is C18H13N2O7-. The molecule has 27 heavy (non-hydrogen) atoms. The summed E-state index contributed by atoms with van der Waals surface area (Å²) in [5.41, 5.74) is 0.0563. The Hall–Kier alpha value is -3.88. The van der Waals surface area contributed by atoms with Crippen LogP contribution in [0.2, 0.25) is 0 Å². The first-order valence-corrected chi connectivity index (χ1v) is 7.64. The maximum atomic E-state index is 12.2. The van der Waals surface area contributed by atoms with Gasteiger partial charge in [-0.3, -0.25) is 10.1 Å². The molecule has 0 aromatic heterocycles. The lowest BCUT2D eigenvalue weighted by atomic mass is 9.99. The second-order valence-corrected chi connectivity index (χ2v) is 5.40. The van der Waals surface area contributed by atoms with Gasteiger partial charge in [0.25, 0.3) is 5.69 Å². The van der Waals surface area contributed by atoms with Gasteiger partial charge in [-0.2, -0.15) is 0 Å². The van der Waals surface area contributed by atoms with Crippen molar-refractivity contribution in [2.45, 2.75) is 0 Å². The average molecular weight is 369 g/mol. The zero-order chi connectivity index (χ0) is 19.6. The van der Waals surface area contributed by atoms with Crippen molar-refractivity contribution < 1.29 is 29.1 Å². The summed E-state index contributed by atoms with van der Waals surface area (Å²) in [5.74, 6) is -0.679. The molecule has 0 radical (unpaired) electrons. The second kappa shape index (κ2) is 7.16. The first-order chi connectivity index (χ1) is 13.0. The molecule has 2 aromatic carbocycles. The molecule has 0 amide bonds. The van der Waals surface area contributed by atoms with Crippen LogP contribution >= 0.6 is 0 Å². The van der Waals surface area contributed by atoms with Crippen molar-refractivity contribution in [1.29, 1.82) is 0 Å². The maximum absolute atomic E-state index is 12.2. The van der Waals surface area contributed by atoms with Gasteiger partial charge in [-0.1, -0.05) is 17.3 Å². The Kier molecular flexibility index (Phi) is 4.75. The number of carbonyl (C=O) groups is 1. The van der Waals surface area contributed by atoms with Gasteiger partial charge in [-0.25, -0.2) is 4.79 Å². The number of ether oxygens (including phenoxy) is 2. The minimum absolute atomic E-state index is 0.000169. The molecule has 0 fully saturated rings. The van der Waals surface area contributed by atoms with E-state index in [9.17, 15) is 20.0 Å². The molecule has 3 rings (SSSR count). The number of methoxy groups -OCH3 is 2. The topological polar surface area (TPSA) is 123 Å². The van der Waals surface area contributed by atoms with Gasteiger partial charge in [0, 0.05) is 11.6 Å². The molecule has 0 N–H and O–H groups in total. The standard InChI is InChI=1S/C18H14N2O7/c1-25-14-7-6-10(9-15(14)26-2)16-12(18(22)27-19-16)8-11-4-3-5-13(17(11)21)20(23)24/h3-9,21H,1-2H3/p-1/b12-8-. The lowest BCUT2D eigenvalue weighted by Gasteiger charge is -2.11. The van der Waals surface area contributed by atoms with Crippen LogP contribution in [0, 0.1) is 10.1 Å². The number of benzene rings is 2. The highest BCUT2D eigenvalue weighted by Gasteiger charge is 2.28.